The number of rotatable bonds is 8. The van der Waals surface area contributed by atoms with Gasteiger partial charge >= 0.3 is 0 Å². The lowest BCUT2D eigenvalue weighted by molar-refractivity contribution is 0.190. The number of aromatic nitrogens is 1. The van der Waals surface area contributed by atoms with Crippen LogP contribution in [0.3, 0.4) is 0 Å². The lowest BCUT2D eigenvalue weighted by Crippen LogP contribution is -2.30. The van der Waals surface area contributed by atoms with Crippen LogP contribution in [0, 0.1) is 0 Å². The van der Waals surface area contributed by atoms with Crippen LogP contribution in [0.5, 0.6) is 0 Å². The third-order valence-electron chi connectivity index (χ3n) is 2.46. The van der Waals surface area contributed by atoms with Gasteiger partial charge in [0, 0.05) is 39.2 Å². The van der Waals surface area contributed by atoms with Crippen molar-refractivity contribution in [3.05, 3.63) is 24.0 Å². The Morgan fingerprint density at radius 2 is 1.88 bits per heavy atom. The first-order chi connectivity index (χ1) is 8.31. The normalized spacial score (nSPS) is 10.5. The highest BCUT2D eigenvalue weighted by atomic mass is 16.5. The first kappa shape index (κ1) is 13.9. The highest BCUT2D eigenvalue weighted by Crippen LogP contribution is 2.14. The van der Waals surface area contributed by atoms with Gasteiger partial charge in [-0.05, 0) is 12.1 Å². The van der Waals surface area contributed by atoms with Gasteiger partial charge in [-0.2, -0.15) is 0 Å². The number of hydrogen-bond donors (Lipinski definition) is 1. The van der Waals surface area contributed by atoms with E-state index in [4.69, 9.17) is 14.6 Å². The van der Waals surface area contributed by atoms with Crippen LogP contribution in [0.15, 0.2) is 18.3 Å². The maximum atomic E-state index is 9.07. The second-order valence-corrected chi connectivity index (χ2v) is 3.64. The van der Waals surface area contributed by atoms with Gasteiger partial charge in [0.1, 0.15) is 0 Å². The second-order valence-electron chi connectivity index (χ2n) is 3.64. The monoisotopic (exact) mass is 240 g/mol. The number of ether oxygens (including phenoxy) is 2. The Morgan fingerprint density at radius 3 is 2.41 bits per heavy atom. The molecule has 0 unspecified atom stereocenters. The minimum absolute atomic E-state index is 0.0454. The van der Waals surface area contributed by atoms with Gasteiger partial charge in [-0.15, -0.1) is 0 Å². The van der Waals surface area contributed by atoms with E-state index >= 15 is 0 Å². The molecular formula is C12H20N2O3. The van der Waals surface area contributed by atoms with Crippen LogP contribution in [0.1, 0.15) is 5.69 Å². The number of hydrogen-bond acceptors (Lipinski definition) is 5. The SMILES string of the molecule is COCCN(CCOC)c1ccnc(CO)c1. The van der Waals surface area contributed by atoms with Crippen molar-refractivity contribution in [1.29, 1.82) is 0 Å². The van der Waals surface area contributed by atoms with Crippen LogP contribution in [0.4, 0.5) is 5.69 Å². The summed E-state index contributed by atoms with van der Waals surface area (Å²) in [7, 11) is 3.36. The zero-order chi connectivity index (χ0) is 12.5. The predicted molar refractivity (Wildman–Crippen MR) is 66.1 cm³/mol. The van der Waals surface area contributed by atoms with E-state index in [0.29, 0.717) is 18.9 Å². The number of pyridine rings is 1. The summed E-state index contributed by atoms with van der Waals surface area (Å²) in [5.41, 5.74) is 1.69. The molecule has 1 aromatic rings. The standard InChI is InChI=1S/C12H20N2O3/c1-16-7-5-14(6-8-17-2)12-3-4-13-11(9-12)10-15/h3-4,9,15H,5-8,10H2,1-2H3. The highest BCUT2D eigenvalue weighted by molar-refractivity contribution is 5.46. The molecule has 0 radical (unpaired) electrons. The van der Waals surface area contributed by atoms with E-state index in [1.54, 1.807) is 20.4 Å². The summed E-state index contributed by atoms with van der Waals surface area (Å²) in [6.07, 6.45) is 1.70. The number of aliphatic hydroxyl groups excluding tert-OH is 1. The van der Waals surface area contributed by atoms with Gasteiger partial charge in [0.2, 0.25) is 0 Å². The molecule has 0 amide bonds. The molecule has 0 saturated carbocycles. The molecule has 1 N–H and O–H groups in total. The van der Waals surface area contributed by atoms with Gasteiger partial charge in [-0.3, -0.25) is 4.98 Å². The minimum Gasteiger partial charge on any atom is -0.390 e. The van der Waals surface area contributed by atoms with Crippen LogP contribution in [-0.2, 0) is 16.1 Å². The van der Waals surface area contributed by atoms with Crippen molar-refractivity contribution in [1.82, 2.24) is 4.98 Å². The summed E-state index contributed by atoms with van der Waals surface area (Å²) < 4.78 is 10.2. The summed E-state index contributed by atoms with van der Waals surface area (Å²) in [5, 5.41) is 9.07. The summed E-state index contributed by atoms with van der Waals surface area (Å²) in [4.78, 5) is 6.21. The third-order valence-corrected chi connectivity index (χ3v) is 2.46. The molecule has 17 heavy (non-hydrogen) atoms. The molecule has 0 aromatic carbocycles. The molecule has 5 nitrogen and oxygen atoms in total. The zero-order valence-corrected chi connectivity index (χ0v) is 10.4. The molecule has 0 spiro atoms. The zero-order valence-electron chi connectivity index (χ0n) is 10.4. The van der Waals surface area contributed by atoms with Gasteiger partial charge in [0.05, 0.1) is 25.5 Å². The Hall–Kier alpha value is -1.17. The van der Waals surface area contributed by atoms with E-state index < -0.39 is 0 Å². The van der Waals surface area contributed by atoms with Crippen LogP contribution in [-0.4, -0.2) is 50.6 Å². The summed E-state index contributed by atoms with van der Waals surface area (Å²) in [5.74, 6) is 0. The molecule has 96 valence electrons. The molecular weight excluding hydrogens is 220 g/mol. The Morgan fingerprint density at radius 1 is 1.24 bits per heavy atom. The fourth-order valence-corrected chi connectivity index (χ4v) is 1.52. The lowest BCUT2D eigenvalue weighted by atomic mass is 10.3. The number of aliphatic hydroxyl groups is 1. The molecule has 0 aliphatic carbocycles. The van der Waals surface area contributed by atoms with Gasteiger partial charge in [0.15, 0.2) is 0 Å². The van der Waals surface area contributed by atoms with E-state index in [9.17, 15) is 0 Å². The molecule has 0 saturated heterocycles. The lowest BCUT2D eigenvalue weighted by Gasteiger charge is -2.24. The summed E-state index contributed by atoms with van der Waals surface area (Å²) >= 11 is 0. The predicted octanol–water partition coefficient (Wildman–Crippen LogP) is 0.673. The number of methoxy groups -OCH3 is 2. The smallest absolute Gasteiger partial charge is 0.0853 e. The van der Waals surface area contributed by atoms with Crippen molar-refractivity contribution in [2.24, 2.45) is 0 Å². The molecule has 1 aromatic heterocycles. The summed E-state index contributed by atoms with van der Waals surface area (Å²) in [6, 6.07) is 3.80. The summed E-state index contributed by atoms with van der Waals surface area (Å²) in [6.45, 7) is 2.83. The Kier molecular flexibility index (Phi) is 6.54. The number of anilines is 1. The van der Waals surface area contributed by atoms with E-state index in [1.807, 2.05) is 12.1 Å². The van der Waals surface area contributed by atoms with Crippen LogP contribution >= 0.6 is 0 Å². The van der Waals surface area contributed by atoms with Gasteiger partial charge in [-0.25, -0.2) is 0 Å². The maximum Gasteiger partial charge on any atom is 0.0853 e. The Balaban J connectivity index is 2.71. The van der Waals surface area contributed by atoms with E-state index in [-0.39, 0.29) is 6.61 Å². The van der Waals surface area contributed by atoms with E-state index in [0.717, 1.165) is 18.8 Å². The molecule has 0 aliphatic rings. The van der Waals surface area contributed by atoms with Crippen molar-refractivity contribution in [3.63, 3.8) is 0 Å². The molecule has 0 atom stereocenters. The fourth-order valence-electron chi connectivity index (χ4n) is 1.52. The first-order valence-corrected chi connectivity index (χ1v) is 5.60. The van der Waals surface area contributed by atoms with E-state index in [2.05, 4.69) is 9.88 Å². The van der Waals surface area contributed by atoms with Crippen molar-refractivity contribution in [2.45, 2.75) is 6.61 Å². The molecule has 0 aliphatic heterocycles. The average Bonchev–Trinajstić information content (AvgIpc) is 2.39. The van der Waals surface area contributed by atoms with Crippen molar-refractivity contribution in [3.8, 4) is 0 Å². The average molecular weight is 240 g/mol. The Bertz CT molecular complexity index is 312. The van der Waals surface area contributed by atoms with E-state index in [1.165, 1.54) is 0 Å². The number of nitrogens with zero attached hydrogens (tertiary/aromatic N) is 2. The molecule has 1 heterocycles. The van der Waals surface area contributed by atoms with Gasteiger partial charge < -0.3 is 19.5 Å². The maximum absolute atomic E-state index is 9.07. The van der Waals surface area contributed by atoms with Crippen molar-refractivity contribution >= 4 is 5.69 Å². The quantitative estimate of drug-likeness (QED) is 0.724. The fraction of sp³-hybridized carbons (Fsp3) is 0.583. The van der Waals surface area contributed by atoms with Gasteiger partial charge in [0.25, 0.3) is 0 Å². The molecule has 5 heteroatoms. The first-order valence-electron chi connectivity index (χ1n) is 5.60. The molecule has 0 bridgehead atoms. The topological polar surface area (TPSA) is 54.8 Å². The molecule has 1 rings (SSSR count). The van der Waals surface area contributed by atoms with Gasteiger partial charge in [-0.1, -0.05) is 0 Å². The van der Waals surface area contributed by atoms with Crippen LogP contribution in [0.2, 0.25) is 0 Å². The van der Waals surface area contributed by atoms with Crippen LogP contribution in [0.25, 0.3) is 0 Å². The minimum atomic E-state index is -0.0454. The van der Waals surface area contributed by atoms with Crippen molar-refractivity contribution in [2.75, 3.05) is 45.4 Å². The van der Waals surface area contributed by atoms with Crippen molar-refractivity contribution < 1.29 is 14.6 Å². The second kappa shape index (κ2) is 8.00. The Labute approximate surface area is 102 Å². The van der Waals surface area contributed by atoms with Crippen LogP contribution < -0.4 is 4.90 Å². The highest BCUT2D eigenvalue weighted by Gasteiger charge is 2.07. The molecule has 0 fully saturated rings. The largest absolute Gasteiger partial charge is 0.390 e. The third kappa shape index (κ3) is 4.68.